The number of nitrogens with zero attached hydrogens (tertiary/aromatic N) is 2. The molecular weight excluding hydrogens is 280 g/mol. The zero-order valence-electron chi connectivity index (χ0n) is 11.5. The number of unbranched alkanes of at least 4 members (excludes halogenated alkanes) is 1. The van der Waals surface area contributed by atoms with Crippen molar-refractivity contribution in [2.45, 2.75) is 43.9 Å². The summed E-state index contributed by atoms with van der Waals surface area (Å²) in [4.78, 5) is 11.7. The third-order valence-corrected chi connectivity index (χ3v) is 4.77. The molecule has 0 spiro atoms. The van der Waals surface area contributed by atoms with Gasteiger partial charge in [-0.2, -0.15) is 0 Å². The number of rotatable bonds is 9. The fraction of sp³-hybridized carbons (Fsp3) is 0.750. The van der Waals surface area contributed by atoms with Gasteiger partial charge in [0.05, 0.1) is 5.75 Å². The lowest BCUT2D eigenvalue weighted by atomic mass is 9.99. The van der Waals surface area contributed by atoms with Crippen LogP contribution in [0.2, 0.25) is 0 Å². The van der Waals surface area contributed by atoms with Crippen molar-refractivity contribution in [2.75, 3.05) is 18.0 Å². The first-order valence-electron chi connectivity index (χ1n) is 6.64. The number of anilines is 1. The summed E-state index contributed by atoms with van der Waals surface area (Å²) < 4.78 is 0.741. The normalized spacial score (nSPS) is 12.3. The zero-order chi connectivity index (χ0) is 14.1. The first-order valence-corrected chi connectivity index (χ1v) is 8.44. The van der Waals surface area contributed by atoms with Crippen LogP contribution in [0, 0.1) is 5.92 Å². The Morgan fingerprint density at radius 2 is 2.26 bits per heavy atom. The van der Waals surface area contributed by atoms with Crippen molar-refractivity contribution in [3.05, 3.63) is 0 Å². The number of aromatic nitrogens is 2. The van der Waals surface area contributed by atoms with E-state index >= 15 is 0 Å². The summed E-state index contributed by atoms with van der Waals surface area (Å²) in [5.41, 5.74) is 5.48. The number of nitrogens with one attached hydrogen (secondary N) is 1. The van der Waals surface area contributed by atoms with Crippen molar-refractivity contribution in [3.63, 3.8) is 0 Å². The van der Waals surface area contributed by atoms with Gasteiger partial charge in [-0.25, -0.2) is 0 Å². The van der Waals surface area contributed by atoms with Crippen LogP contribution in [-0.4, -0.2) is 28.4 Å². The minimum Gasteiger partial charge on any atom is -0.374 e. The van der Waals surface area contributed by atoms with Crippen LogP contribution >= 0.6 is 23.1 Å². The monoisotopic (exact) mass is 302 g/mol. The van der Waals surface area contributed by atoms with E-state index in [4.69, 9.17) is 5.73 Å². The van der Waals surface area contributed by atoms with Gasteiger partial charge in [-0.1, -0.05) is 56.2 Å². The van der Waals surface area contributed by atoms with Crippen LogP contribution in [0.5, 0.6) is 0 Å². The summed E-state index contributed by atoms with van der Waals surface area (Å²) in [6.07, 6.45) is 4.74. The van der Waals surface area contributed by atoms with Crippen LogP contribution in [0.3, 0.4) is 0 Å². The minimum atomic E-state index is 0.0497. The van der Waals surface area contributed by atoms with E-state index in [1.165, 1.54) is 42.4 Å². The van der Waals surface area contributed by atoms with Crippen LogP contribution in [0.4, 0.5) is 5.13 Å². The molecule has 7 heteroatoms. The van der Waals surface area contributed by atoms with E-state index in [1.807, 2.05) is 0 Å². The second-order valence-electron chi connectivity index (χ2n) is 4.42. The van der Waals surface area contributed by atoms with Gasteiger partial charge in [-0.15, -0.1) is 10.2 Å². The van der Waals surface area contributed by atoms with E-state index in [1.54, 1.807) is 0 Å². The van der Waals surface area contributed by atoms with Crippen molar-refractivity contribution in [1.29, 1.82) is 0 Å². The molecule has 0 unspecified atom stereocenters. The zero-order valence-corrected chi connectivity index (χ0v) is 13.1. The van der Waals surface area contributed by atoms with Gasteiger partial charge in [0.15, 0.2) is 4.34 Å². The van der Waals surface area contributed by atoms with Crippen LogP contribution in [0.1, 0.15) is 39.5 Å². The maximum Gasteiger partial charge on any atom is 0.230 e. The molecule has 0 aliphatic rings. The molecule has 1 amide bonds. The molecule has 19 heavy (non-hydrogen) atoms. The summed E-state index contributed by atoms with van der Waals surface area (Å²) in [5, 5.41) is 11.0. The minimum absolute atomic E-state index is 0.0497. The highest BCUT2D eigenvalue weighted by atomic mass is 32.2. The highest BCUT2D eigenvalue weighted by Crippen LogP contribution is 2.23. The van der Waals surface area contributed by atoms with Gasteiger partial charge in [-0.05, 0) is 12.3 Å². The lowest BCUT2D eigenvalue weighted by molar-refractivity contribution is -0.118. The number of thioether (sulfide) groups is 1. The molecule has 1 rings (SSSR count). The predicted molar refractivity (Wildman–Crippen MR) is 81.4 cm³/mol. The SMILES string of the molecule is CCCC[C@H](CC)CNC(=O)CSc1nnc(N)s1. The lowest BCUT2D eigenvalue weighted by Gasteiger charge is -2.14. The lowest BCUT2D eigenvalue weighted by Crippen LogP contribution is -2.30. The average Bonchev–Trinajstić information content (AvgIpc) is 2.82. The Labute approximate surface area is 122 Å². The molecule has 0 saturated carbocycles. The third-order valence-electron chi connectivity index (χ3n) is 2.88. The molecule has 0 bridgehead atoms. The number of carbonyl (C=O) groups is 1. The van der Waals surface area contributed by atoms with E-state index in [0.717, 1.165) is 17.3 Å². The fourth-order valence-corrected chi connectivity index (χ4v) is 3.12. The summed E-state index contributed by atoms with van der Waals surface area (Å²) in [5.74, 6) is 1.01. The second-order valence-corrected chi connectivity index (χ2v) is 6.65. The van der Waals surface area contributed by atoms with Gasteiger partial charge < -0.3 is 11.1 Å². The molecule has 1 atom stereocenters. The van der Waals surface area contributed by atoms with Gasteiger partial charge in [0.1, 0.15) is 0 Å². The van der Waals surface area contributed by atoms with E-state index in [2.05, 4.69) is 29.4 Å². The molecule has 1 heterocycles. The molecule has 1 aromatic rings. The molecule has 0 fully saturated rings. The highest BCUT2D eigenvalue weighted by Gasteiger charge is 2.10. The molecule has 0 aromatic carbocycles. The van der Waals surface area contributed by atoms with Crippen LogP contribution in [0.25, 0.3) is 0 Å². The number of nitrogens with two attached hydrogens (primary N) is 1. The number of hydrogen-bond donors (Lipinski definition) is 2. The second kappa shape index (κ2) is 9.14. The maximum absolute atomic E-state index is 11.7. The summed E-state index contributed by atoms with van der Waals surface area (Å²) in [7, 11) is 0. The highest BCUT2D eigenvalue weighted by molar-refractivity contribution is 8.01. The summed E-state index contributed by atoms with van der Waals surface area (Å²) in [6, 6.07) is 0. The van der Waals surface area contributed by atoms with E-state index < -0.39 is 0 Å². The standard InChI is InChI=1S/C12H22N4OS2/c1-3-5-6-9(4-2)7-14-10(17)8-18-12-16-15-11(13)19-12/h9H,3-8H2,1-2H3,(H2,13,15)(H,14,17)/t9-/m0/s1. The Bertz CT molecular complexity index is 384. The maximum atomic E-state index is 11.7. The van der Waals surface area contributed by atoms with Crippen molar-refractivity contribution in [2.24, 2.45) is 5.92 Å². The molecule has 1 aromatic heterocycles. The Hall–Kier alpha value is -0.820. The van der Waals surface area contributed by atoms with Crippen molar-refractivity contribution < 1.29 is 4.79 Å². The molecular formula is C12H22N4OS2. The topological polar surface area (TPSA) is 80.9 Å². The Kier molecular flexibility index (Phi) is 7.81. The first-order chi connectivity index (χ1) is 9.15. The van der Waals surface area contributed by atoms with Gasteiger partial charge >= 0.3 is 0 Å². The van der Waals surface area contributed by atoms with Crippen molar-refractivity contribution >= 4 is 34.1 Å². The van der Waals surface area contributed by atoms with Gasteiger partial charge in [-0.3, -0.25) is 4.79 Å². The van der Waals surface area contributed by atoms with E-state index in [-0.39, 0.29) is 5.91 Å². The molecule has 0 saturated heterocycles. The summed E-state index contributed by atoms with van der Waals surface area (Å²) >= 11 is 2.69. The van der Waals surface area contributed by atoms with Crippen LogP contribution < -0.4 is 11.1 Å². The molecule has 5 nitrogen and oxygen atoms in total. The van der Waals surface area contributed by atoms with E-state index in [9.17, 15) is 4.79 Å². The Balaban J connectivity index is 2.19. The van der Waals surface area contributed by atoms with Gasteiger partial charge in [0.25, 0.3) is 0 Å². The Morgan fingerprint density at radius 1 is 1.47 bits per heavy atom. The number of carbonyl (C=O) groups excluding carboxylic acids is 1. The molecule has 0 aliphatic carbocycles. The van der Waals surface area contributed by atoms with Gasteiger partial charge in [0, 0.05) is 6.54 Å². The molecule has 3 N–H and O–H groups in total. The largest absolute Gasteiger partial charge is 0.374 e. The molecule has 0 aliphatic heterocycles. The number of amides is 1. The number of hydrogen-bond acceptors (Lipinski definition) is 6. The smallest absolute Gasteiger partial charge is 0.230 e. The van der Waals surface area contributed by atoms with Crippen LogP contribution in [0.15, 0.2) is 4.34 Å². The van der Waals surface area contributed by atoms with E-state index in [0.29, 0.717) is 16.8 Å². The predicted octanol–water partition coefficient (Wildman–Crippen LogP) is 2.54. The first kappa shape index (κ1) is 16.2. The van der Waals surface area contributed by atoms with Gasteiger partial charge in [0.2, 0.25) is 11.0 Å². The van der Waals surface area contributed by atoms with Crippen molar-refractivity contribution in [1.82, 2.24) is 15.5 Å². The molecule has 0 radical (unpaired) electrons. The fourth-order valence-electron chi connectivity index (χ4n) is 1.66. The summed E-state index contributed by atoms with van der Waals surface area (Å²) in [6.45, 7) is 5.13. The Morgan fingerprint density at radius 3 is 2.84 bits per heavy atom. The average molecular weight is 302 g/mol. The van der Waals surface area contributed by atoms with Crippen LogP contribution in [-0.2, 0) is 4.79 Å². The van der Waals surface area contributed by atoms with Crippen molar-refractivity contribution in [3.8, 4) is 0 Å². The number of nitrogen functional groups attached to an aromatic ring is 1. The molecule has 108 valence electrons. The quantitative estimate of drug-likeness (QED) is 0.685. The third kappa shape index (κ3) is 6.77.